The molecule has 2 N–H and O–H groups in total. The van der Waals surface area contributed by atoms with Gasteiger partial charge in [-0.25, -0.2) is 0 Å². The molecule has 0 radical (unpaired) electrons. The highest BCUT2D eigenvalue weighted by molar-refractivity contribution is 5.42. The molecule has 0 aliphatic carbocycles. The quantitative estimate of drug-likeness (QED) is 0.914. The Bertz CT molecular complexity index is 577. The fourth-order valence-corrected chi connectivity index (χ4v) is 2.58. The average Bonchev–Trinajstić information content (AvgIpc) is 3.05. The van der Waals surface area contributed by atoms with Crippen LogP contribution in [0.5, 0.6) is 5.75 Å². The fourth-order valence-electron chi connectivity index (χ4n) is 2.58. The number of hydrogen-bond donors (Lipinski definition) is 1. The first-order chi connectivity index (χ1) is 9.29. The van der Waals surface area contributed by atoms with Crippen LogP contribution in [-0.2, 0) is 13.0 Å². The molecule has 100 valence electrons. The summed E-state index contributed by atoms with van der Waals surface area (Å²) in [4.78, 5) is 0. The second-order valence-corrected chi connectivity index (χ2v) is 4.92. The predicted molar refractivity (Wildman–Crippen MR) is 74.2 cm³/mol. The standard InChI is InChI=1S/C15H19N3O/c1-2-8-18-13(5-7-17-18)15(16)12-3-4-14-11(10-12)6-9-19-14/h3-5,7,10,15H,2,6,8-9,16H2,1H3. The molecule has 4 heteroatoms. The van der Waals surface area contributed by atoms with E-state index in [1.54, 1.807) is 0 Å². The van der Waals surface area contributed by atoms with Crippen LogP contribution in [0.2, 0.25) is 0 Å². The van der Waals surface area contributed by atoms with Crippen LogP contribution in [0.1, 0.15) is 36.2 Å². The van der Waals surface area contributed by atoms with Crippen LogP contribution in [-0.4, -0.2) is 16.4 Å². The smallest absolute Gasteiger partial charge is 0.122 e. The maximum Gasteiger partial charge on any atom is 0.122 e. The summed E-state index contributed by atoms with van der Waals surface area (Å²) in [5, 5.41) is 4.34. The molecule has 19 heavy (non-hydrogen) atoms. The maximum absolute atomic E-state index is 6.38. The van der Waals surface area contributed by atoms with Gasteiger partial charge in [0, 0.05) is 19.2 Å². The van der Waals surface area contributed by atoms with E-state index >= 15 is 0 Å². The van der Waals surface area contributed by atoms with E-state index in [2.05, 4.69) is 24.2 Å². The molecule has 0 spiro atoms. The van der Waals surface area contributed by atoms with Crippen molar-refractivity contribution in [3.8, 4) is 5.75 Å². The molecule has 1 aliphatic rings. The molecule has 2 heterocycles. The van der Waals surface area contributed by atoms with E-state index in [9.17, 15) is 0 Å². The van der Waals surface area contributed by atoms with Crippen molar-refractivity contribution in [3.63, 3.8) is 0 Å². The van der Waals surface area contributed by atoms with Crippen LogP contribution in [0.15, 0.2) is 30.5 Å². The van der Waals surface area contributed by atoms with E-state index in [-0.39, 0.29) is 6.04 Å². The van der Waals surface area contributed by atoms with Gasteiger partial charge in [0.15, 0.2) is 0 Å². The number of benzene rings is 1. The molecule has 0 fully saturated rings. The lowest BCUT2D eigenvalue weighted by atomic mass is 10.0. The van der Waals surface area contributed by atoms with E-state index in [1.165, 1.54) is 5.56 Å². The summed E-state index contributed by atoms with van der Waals surface area (Å²) in [5.41, 5.74) is 9.84. The fraction of sp³-hybridized carbons (Fsp3) is 0.400. The molecular weight excluding hydrogens is 238 g/mol. The summed E-state index contributed by atoms with van der Waals surface area (Å²) < 4.78 is 7.52. The van der Waals surface area contributed by atoms with Gasteiger partial charge in [-0.2, -0.15) is 5.10 Å². The highest BCUT2D eigenvalue weighted by Gasteiger charge is 2.18. The van der Waals surface area contributed by atoms with Crippen LogP contribution < -0.4 is 10.5 Å². The maximum atomic E-state index is 6.38. The largest absolute Gasteiger partial charge is 0.493 e. The second-order valence-electron chi connectivity index (χ2n) is 4.92. The Morgan fingerprint density at radius 1 is 1.42 bits per heavy atom. The van der Waals surface area contributed by atoms with Crippen molar-refractivity contribution >= 4 is 0 Å². The molecule has 1 aromatic carbocycles. The number of nitrogens with zero attached hydrogens (tertiary/aromatic N) is 2. The number of nitrogens with two attached hydrogens (primary N) is 1. The van der Waals surface area contributed by atoms with Gasteiger partial charge in [-0.15, -0.1) is 0 Å². The first-order valence-corrected chi connectivity index (χ1v) is 6.82. The number of rotatable bonds is 4. The molecule has 0 saturated heterocycles. The average molecular weight is 257 g/mol. The second kappa shape index (κ2) is 5.05. The van der Waals surface area contributed by atoms with E-state index < -0.39 is 0 Å². The van der Waals surface area contributed by atoms with Crippen LogP contribution in [0.25, 0.3) is 0 Å². The van der Waals surface area contributed by atoms with Gasteiger partial charge in [-0.3, -0.25) is 4.68 Å². The lowest BCUT2D eigenvalue weighted by Crippen LogP contribution is -2.17. The normalized spacial score (nSPS) is 15.1. The number of aromatic nitrogens is 2. The van der Waals surface area contributed by atoms with Crippen LogP contribution >= 0.6 is 0 Å². The highest BCUT2D eigenvalue weighted by Crippen LogP contribution is 2.29. The first-order valence-electron chi connectivity index (χ1n) is 6.82. The van der Waals surface area contributed by atoms with Crippen molar-refractivity contribution in [2.45, 2.75) is 32.4 Å². The predicted octanol–water partition coefficient (Wildman–Crippen LogP) is 2.28. The molecule has 1 unspecified atom stereocenters. The minimum Gasteiger partial charge on any atom is -0.493 e. The van der Waals surface area contributed by atoms with Gasteiger partial charge in [-0.1, -0.05) is 19.1 Å². The Hall–Kier alpha value is -1.81. The number of fused-ring (bicyclic) bond motifs is 1. The van der Waals surface area contributed by atoms with Gasteiger partial charge in [-0.05, 0) is 29.7 Å². The van der Waals surface area contributed by atoms with Crippen molar-refractivity contribution < 1.29 is 4.74 Å². The lowest BCUT2D eigenvalue weighted by Gasteiger charge is -2.15. The molecule has 0 amide bonds. The highest BCUT2D eigenvalue weighted by atomic mass is 16.5. The van der Waals surface area contributed by atoms with Crippen molar-refractivity contribution in [2.75, 3.05) is 6.61 Å². The van der Waals surface area contributed by atoms with E-state index in [4.69, 9.17) is 10.5 Å². The van der Waals surface area contributed by atoms with Gasteiger partial charge >= 0.3 is 0 Å². The number of aryl methyl sites for hydroxylation is 1. The van der Waals surface area contributed by atoms with Gasteiger partial charge in [0.25, 0.3) is 0 Å². The molecule has 0 bridgehead atoms. The Morgan fingerprint density at radius 3 is 3.16 bits per heavy atom. The molecule has 4 nitrogen and oxygen atoms in total. The number of ether oxygens (including phenoxy) is 1. The van der Waals surface area contributed by atoms with E-state index in [1.807, 2.05) is 23.0 Å². The van der Waals surface area contributed by atoms with Crippen molar-refractivity contribution in [2.24, 2.45) is 5.73 Å². The van der Waals surface area contributed by atoms with Gasteiger partial charge in [0.1, 0.15) is 5.75 Å². The Balaban J connectivity index is 1.90. The third-order valence-corrected chi connectivity index (χ3v) is 3.58. The van der Waals surface area contributed by atoms with Gasteiger partial charge in [0.2, 0.25) is 0 Å². The Labute approximate surface area is 113 Å². The SMILES string of the molecule is CCCn1nccc1C(N)c1ccc2c(c1)CCO2. The third kappa shape index (κ3) is 2.24. The monoisotopic (exact) mass is 257 g/mol. The molecule has 1 aliphatic heterocycles. The molecule has 0 saturated carbocycles. The lowest BCUT2D eigenvalue weighted by molar-refractivity contribution is 0.357. The molecule has 1 aromatic heterocycles. The minimum absolute atomic E-state index is 0.125. The van der Waals surface area contributed by atoms with Crippen molar-refractivity contribution in [1.82, 2.24) is 9.78 Å². The molecule has 3 rings (SSSR count). The zero-order chi connectivity index (χ0) is 13.2. The van der Waals surface area contributed by atoms with Crippen molar-refractivity contribution in [1.29, 1.82) is 0 Å². The van der Waals surface area contributed by atoms with E-state index in [0.717, 1.165) is 43.0 Å². The summed E-state index contributed by atoms with van der Waals surface area (Å²) in [5.74, 6) is 0.998. The summed E-state index contributed by atoms with van der Waals surface area (Å²) in [6.45, 7) is 3.83. The third-order valence-electron chi connectivity index (χ3n) is 3.58. The van der Waals surface area contributed by atoms with Crippen LogP contribution in [0, 0.1) is 0 Å². The van der Waals surface area contributed by atoms with Crippen LogP contribution in [0.3, 0.4) is 0 Å². The van der Waals surface area contributed by atoms with Crippen molar-refractivity contribution in [3.05, 3.63) is 47.3 Å². The summed E-state index contributed by atoms with van der Waals surface area (Å²) >= 11 is 0. The van der Waals surface area contributed by atoms with E-state index in [0.29, 0.717) is 0 Å². The summed E-state index contributed by atoms with van der Waals surface area (Å²) in [7, 11) is 0. The summed E-state index contributed by atoms with van der Waals surface area (Å²) in [6, 6.07) is 8.12. The summed E-state index contributed by atoms with van der Waals surface area (Å²) in [6.07, 6.45) is 3.85. The van der Waals surface area contributed by atoms with Gasteiger partial charge < -0.3 is 10.5 Å². The minimum atomic E-state index is -0.125. The molecular formula is C15H19N3O. The first kappa shape index (κ1) is 12.2. The Kier molecular flexibility index (Phi) is 3.25. The molecule has 2 aromatic rings. The van der Waals surface area contributed by atoms with Crippen LogP contribution in [0.4, 0.5) is 0 Å². The topological polar surface area (TPSA) is 53.1 Å². The Morgan fingerprint density at radius 2 is 2.32 bits per heavy atom. The van der Waals surface area contributed by atoms with Gasteiger partial charge in [0.05, 0.1) is 18.3 Å². The molecule has 1 atom stereocenters. The number of hydrogen-bond acceptors (Lipinski definition) is 3. The zero-order valence-corrected chi connectivity index (χ0v) is 11.2. The zero-order valence-electron chi connectivity index (χ0n) is 11.2.